The SMILES string of the molecule is CC(C)CC(NC(=O)C(NC(=O)C(N)Cc1ccc(O)cc1)C(C)O)C(=O)NC(CC(N)=O)C(=O)O. The normalized spacial score (nSPS) is 15.2. The molecule has 5 unspecified atom stereocenters. The highest BCUT2D eigenvalue weighted by Crippen LogP contribution is 2.11. The van der Waals surface area contributed by atoms with Gasteiger partial charge in [-0.2, -0.15) is 0 Å². The first-order chi connectivity index (χ1) is 16.7. The molecular formula is C23H35N5O8. The van der Waals surface area contributed by atoms with E-state index in [1.807, 2.05) is 0 Å². The van der Waals surface area contributed by atoms with E-state index < -0.39 is 66.3 Å². The summed E-state index contributed by atoms with van der Waals surface area (Å²) in [5, 5.41) is 35.7. The predicted octanol–water partition coefficient (Wildman–Crippen LogP) is -1.90. The number of carbonyl (C=O) groups excluding carboxylic acids is 4. The van der Waals surface area contributed by atoms with Crippen molar-refractivity contribution in [2.45, 2.75) is 70.3 Å². The molecule has 5 atom stereocenters. The van der Waals surface area contributed by atoms with Gasteiger partial charge in [0.15, 0.2) is 0 Å². The van der Waals surface area contributed by atoms with E-state index in [4.69, 9.17) is 11.5 Å². The van der Waals surface area contributed by atoms with Crippen LogP contribution < -0.4 is 27.4 Å². The van der Waals surface area contributed by atoms with E-state index in [9.17, 15) is 39.3 Å². The fourth-order valence-electron chi connectivity index (χ4n) is 3.28. The Morgan fingerprint density at radius 1 is 0.889 bits per heavy atom. The van der Waals surface area contributed by atoms with Crippen molar-refractivity contribution in [1.29, 1.82) is 0 Å². The van der Waals surface area contributed by atoms with Gasteiger partial charge < -0.3 is 42.7 Å². The molecule has 0 fully saturated rings. The minimum absolute atomic E-state index is 0.0481. The lowest BCUT2D eigenvalue weighted by molar-refractivity contribution is -0.144. The van der Waals surface area contributed by atoms with E-state index >= 15 is 0 Å². The van der Waals surface area contributed by atoms with E-state index in [2.05, 4.69) is 16.0 Å². The van der Waals surface area contributed by atoms with Gasteiger partial charge in [0, 0.05) is 0 Å². The zero-order chi connectivity index (χ0) is 27.6. The maximum Gasteiger partial charge on any atom is 0.326 e. The van der Waals surface area contributed by atoms with E-state index in [0.717, 1.165) is 0 Å². The maximum atomic E-state index is 12.9. The van der Waals surface area contributed by atoms with Crippen LogP contribution in [0.15, 0.2) is 24.3 Å². The molecule has 1 rings (SSSR count). The number of aliphatic hydroxyl groups excluding tert-OH is 1. The molecule has 10 N–H and O–H groups in total. The van der Waals surface area contributed by atoms with E-state index in [1.165, 1.54) is 19.1 Å². The van der Waals surface area contributed by atoms with Gasteiger partial charge in [0.2, 0.25) is 23.6 Å². The Labute approximate surface area is 208 Å². The lowest BCUT2D eigenvalue weighted by Crippen LogP contribution is -2.60. The third-order valence-electron chi connectivity index (χ3n) is 5.15. The van der Waals surface area contributed by atoms with E-state index in [-0.39, 0.29) is 24.5 Å². The zero-order valence-electron chi connectivity index (χ0n) is 20.4. The smallest absolute Gasteiger partial charge is 0.326 e. The number of phenols is 1. The molecule has 0 saturated heterocycles. The molecule has 0 radical (unpaired) electrons. The molecule has 13 nitrogen and oxygen atoms in total. The third-order valence-corrected chi connectivity index (χ3v) is 5.15. The predicted molar refractivity (Wildman–Crippen MR) is 128 cm³/mol. The number of phenolic OH excluding ortho intramolecular Hbond substituents is 1. The van der Waals surface area contributed by atoms with Crippen molar-refractivity contribution in [3.63, 3.8) is 0 Å². The highest BCUT2D eigenvalue weighted by atomic mass is 16.4. The molecule has 0 aliphatic heterocycles. The molecule has 1 aromatic carbocycles. The molecule has 36 heavy (non-hydrogen) atoms. The fraction of sp³-hybridized carbons (Fsp3) is 0.522. The first-order valence-electron chi connectivity index (χ1n) is 11.3. The van der Waals surface area contributed by atoms with Gasteiger partial charge in [0.1, 0.15) is 23.9 Å². The van der Waals surface area contributed by atoms with Crippen LogP contribution in [0.2, 0.25) is 0 Å². The quantitative estimate of drug-likeness (QED) is 0.140. The van der Waals surface area contributed by atoms with Crippen molar-refractivity contribution >= 4 is 29.6 Å². The number of hydrogen-bond donors (Lipinski definition) is 8. The Balaban J connectivity index is 2.93. The second kappa shape index (κ2) is 14.0. The number of hydrogen-bond acceptors (Lipinski definition) is 8. The van der Waals surface area contributed by atoms with Crippen molar-refractivity contribution in [3.05, 3.63) is 29.8 Å². The Kier molecular flexibility index (Phi) is 11.8. The first kappa shape index (κ1) is 30.3. The van der Waals surface area contributed by atoms with Gasteiger partial charge in [-0.1, -0.05) is 26.0 Å². The van der Waals surface area contributed by atoms with Crippen molar-refractivity contribution in [3.8, 4) is 5.75 Å². The number of aliphatic hydroxyl groups is 1. The van der Waals surface area contributed by atoms with Crippen LogP contribution in [0.1, 0.15) is 39.2 Å². The summed E-state index contributed by atoms with van der Waals surface area (Å²) >= 11 is 0. The second-order valence-corrected chi connectivity index (χ2v) is 8.96. The van der Waals surface area contributed by atoms with Gasteiger partial charge in [-0.3, -0.25) is 19.2 Å². The van der Waals surface area contributed by atoms with Crippen molar-refractivity contribution < 1.29 is 39.3 Å². The Hall–Kier alpha value is -3.71. The molecule has 13 heteroatoms. The number of nitrogens with one attached hydrogen (secondary N) is 3. The standard InChI is InChI=1S/C23H35N5O8/c1-11(2)8-16(21(33)27-17(23(35)36)10-18(25)31)26-22(34)19(12(3)29)28-20(32)15(24)9-13-4-6-14(30)7-5-13/h4-7,11-12,15-17,19,29-30H,8-10,24H2,1-3H3,(H2,25,31)(H,26,34)(H,27,33)(H,28,32)(H,35,36). The largest absolute Gasteiger partial charge is 0.508 e. The van der Waals surface area contributed by atoms with Crippen LogP contribution in [0.4, 0.5) is 0 Å². The average molecular weight is 510 g/mol. The summed E-state index contributed by atoms with van der Waals surface area (Å²) in [5.74, 6) is -4.98. The first-order valence-corrected chi connectivity index (χ1v) is 11.3. The molecule has 0 aliphatic rings. The number of primary amides is 1. The molecule has 0 bridgehead atoms. The van der Waals surface area contributed by atoms with Crippen LogP contribution in [0.5, 0.6) is 5.75 Å². The third kappa shape index (κ3) is 10.3. The Morgan fingerprint density at radius 3 is 1.92 bits per heavy atom. The second-order valence-electron chi connectivity index (χ2n) is 8.96. The molecular weight excluding hydrogens is 474 g/mol. The van der Waals surface area contributed by atoms with E-state index in [0.29, 0.717) is 5.56 Å². The number of carboxylic acids is 1. The Morgan fingerprint density at radius 2 is 1.44 bits per heavy atom. The minimum atomic E-state index is -1.59. The van der Waals surface area contributed by atoms with Crippen LogP contribution >= 0.6 is 0 Å². The van der Waals surface area contributed by atoms with Crippen LogP contribution in [-0.4, -0.2) is 75.2 Å². The highest BCUT2D eigenvalue weighted by Gasteiger charge is 2.33. The van der Waals surface area contributed by atoms with Crippen molar-refractivity contribution in [1.82, 2.24) is 16.0 Å². The van der Waals surface area contributed by atoms with Gasteiger partial charge in [-0.25, -0.2) is 4.79 Å². The molecule has 0 aromatic heterocycles. The molecule has 0 aliphatic carbocycles. The molecule has 1 aromatic rings. The summed E-state index contributed by atoms with van der Waals surface area (Å²) < 4.78 is 0. The summed E-state index contributed by atoms with van der Waals surface area (Å²) in [6.07, 6.45) is -1.82. The number of aliphatic carboxylic acids is 1. The zero-order valence-corrected chi connectivity index (χ0v) is 20.4. The molecule has 200 valence electrons. The number of amides is 4. The van der Waals surface area contributed by atoms with Gasteiger partial charge in [0.05, 0.1) is 18.6 Å². The molecule has 0 saturated carbocycles. The van der Waals surface area contributed by atoms with Crippen molar-refractivity contribution in [2.24, 2.45) is 17.4 Å². The topological polar surface area (TPSA) is 234 Å². The summed E-state index contributed by atoms with van der Waals surface area (Å²) in [7, 11) is 0. The van der Waals surface area contributed by atoms with Gasteiger partial charge in [-0.15, -0.1) is 0 Å². The van der Waals surface area contributed by atoms with Crippen LogP contribution in [0, 0.1) is 5.92 Å². The number of carboxylic acid groups (broad SMARTS) is 1. The lowest BCUT2D eigenvalue weighted by atomic mass is 10.0. The van der Waals surface area contributed by atoms with Gasteiger partial charge in [-0.05, 0) is 43.4 Å². The van der Waals surface area contributed by atoms with E-state index in [1.54, 1.807) is 26.0 Å². The summed E-state index contributed by atoms with van der Waals surface area (Å²) in [6, 6.07) is 0.671. The lowest BCUT2D eigenvalue weighted by Gasteiger charge is -2.27. The number of aromatic hydroxyl groups is 1. The summed E-state index contributed by atoms with van der Waals surface area (Å²) in [5.41, 5.74) is 11.6. The molecule has 0 heterocycles. The molecule has 4 amide bonds. The van der Waals surface area contributed by atoms with Crippen LogP contribution in [0.3, 0.4) is 0 Å². The average Bonchev–Trinajstić information content (AvgIpc) is 2.76. The molecule has 0 spiro atoms. The number of rotatable bonds is 14. The monoisotopic (exact) mass is 509 g/mol. The van der Waals surface area contributed by atoms with Crippen LogP contribution in [-0.2, 0) is 30.4 Å². The fourth-order valence-corrected chi connectivity index (χ4v) is 3.28. The number of nitrogens with two attached hydrogens (primary N) is 2. The number of benzene rings is 1. The van der Waals surface area contributed by atoms with Gasteiger partial charge >= 0.3 is 5.97 Å². The van der Waals surface area contributed by atoms with Crippen LogP contribution in [0.25, 0.3) is 0 Å². The maximum absolute atomic E-state index is 12.9. The number of carbonyl (C=O) groups is 5. The summed E-state index contributed by atoms with van der Waals surface area (Å²) in [4.78, 5) is 60.7. The van der Waals surface area contributed by atoms with Crippen molar-refractivity contribution in [2.75, 3.05) is 0 Å². The summed E-state index contributed by atoms with van der Waals surface area (Å²) in [6.45, 7) is 4.79. The minimum Gasteiger partial charge on any atom is -0.508 e. The Bertz CT molecular complexity index is 935. The highest BCUT2D eigenvalue weighted by molar-refractivity contribution is 5.95. The van der Waals surface area contributed by atoms with Gasteiger partial charge in [0.25, 0.3) is 0 Å².